The summed E-state index contributed by atoms with van der Waals surface area (Å²) >= 11 is 0. The second-order valence-electron chi connectivity index (χ2n) is 10.2. The van der Waals surface area contributed by atoms with E-state index in [1.807, 2.05) is 12.3 Å². The summed E-state index contributed by atoms with van der Waals surface area (Å²) < 4.78 is 11.6. The number of aromatic nitrogens is 5. The van der Waals surface area contributed by atoms with Gasteiger partial charge in [0.2, 0.25) is 5.91 Å². The predicted octanol–water partition coefficient (Wildman–Crippen LogP) is 2.47. The monoisotopic (exact) mass is 523 g/mol. The van der Waals surface area contributed by atoms with Crippen LogP contribution in [0.3, 0.4) is 0 Å². The molecule has 0 spiro atoms. The average molecular weight is 524 g/mol. The van der Waals surface area contributed by atoms with E-state index in [0.29, 0.717) is 35.7 Å². The largest absolute Gasteiger partial charge is 0.465 e. The van der Waals surface area contributed by atoms with Crippen LogP contribution in [0.25, 0.3) is 5.65 Å². The summed E-state index contributed by atoms with van der Waals surface area (Å²) in [7, 11) is 0. The summed E-state index contributed by atoms with van der Waals surface area (Å²) in [4.78, 5) is 43.3. The van der Waals surface area contributed by atoms with Crippen LogP contribution in [-0.4, -0.2) is 55.8 Å². The van der Waals surface area contributed by atoms with Crippen LogP contribution in [-0.2, 0) is 20.7 Å². The van der Waals surface area contributed by atoms with Gasteiger partial charge in [-0.1, -0.05) is 30.8 Å². The first kappa shape index (κ1) is 25.8. The highest BCUT2D eigenvalue weighted by atomic mass is 16.6. The third-order valence-electron chi connectivity index (χ3n) is 7.66. The molecule has 4 heterocycles. The van der Waals surface area contributed by atoms with Crippen molar-refractivity contribution < 1.29 is 23.7 Å². The molecular weight excluding hydrogens is 490 g/mol. The molecule has 2 amide bonds. The lowest BCUT2D eigenvalue weighted by molar-refractivity contribution is -0.159. The van der Waals surface area contributed by atoms with Gasteiger partial charge in [0.05, 0.1) is 30.2 Å². The first-order valence-corrected chi connectivity index (χ1v) is 13.3. The van der Waals surface area contributed by atoms with Crippen LogP contribution in [0.15, 0.2) is 23.0 Å². The van der Waals surface area contributed by atoms with E-state index in [-0.39, 0.29) is 42.5 Å². The van der Waals surface area contributed by atoms with E-state index >= 15 is 0 Å². The van der Waals surface area contributed by atoms with Gasteiger partial charge in [-0.05, 0) is 56.3 Å². The molecule has 12 heteroatoms. The smallest absolute Gasteiger partial charge is 0.322 e. The molecule has 3 aromatic heterocycles. The van der Waals surface area contributed by atoms with Crippen molar-refractivity contribution >= 4 is 23.4 Å². The Morgan fingerprint density at radius 2 is 2.03 bits per heavy atom. The van der Waals surface area contributed by atoms with E-state index in [9.17, 15) is 14.4 Å². The Labute approximate surface area is 219 Å². The first-order chi connectivity index (χ1) is 18.4. The van der Waals surface area contributed by atoms with Gasteiger partial charge in [0.15, 0.2) is 16.8 Å². The van der Waals surface area contributed by atoms with Crippen LogP contribution in [0.2, 0.25) is 0 Å². The summed E-state index contributed by atoms with van der Waals surface area (Å²) in [6, 6.07) is 3.26. The minimum absolute atomic E-state index is 0.127. The number of fused-ring (bicyclic) bond motifs is 1. The Bertz CT molecular complexity index is 1330. The summed E-state index contributed by atoms with van der Waals surface area (Å²) in [6.07, 6.45) is 8.78. The first-order valence-electron chi connectivity index (χ1n) is 13.3. The van der Waals surface area contributed by atoms with Crippen LogP contribution in [0, 0.1) is 18.3 Å². The van der Waals surface area contributed by atoms with Gasteiger partial charge in [-0.3, -0.25) is 14.4 Å². The van der Waals surface area contributed by atoms with Crippen LogP contribution in [0.1, 0.15) is 85.5 Å². The fraction of sp³-hybridized carbons (Fsp3) is 0.577. The molecular formula is C26H33N7O5. The number of esters is 1. The second-order valence-corrected chi connectivity index (χ2v) is 10.2. The number of imidazole rings is 1. The van der Waals surface area contributed by atoms with Crippen molar-refractivity contribution in [3.8, 4) is 0 Å². The van der Waals surface area contributed by atoms with Crippen molar-refractivity contribution in [1.29, 1.82) is 0 Å². The maximum absolute atomic E-state index is 13.1. The van der Waals surface area contributed by atoms with E-state index in [2.05, 4.69) is 26.0 Å². The number of hydrogen-bond acceptors (Lipinski definition) is 9. The van der Waals surface area contributed by atoms with Gasteiger partial charge in [-0.15, -0.1) is 0 Å². The summed E-state index contributed by atoms with van der Waals surface area (Å²) in [5.41, 5.74) is 1.17. The van der Waals surface area contributed by atoms with Crippen molar-refractivity contribution in [2.45, 2.75) is 71.3 Å². The molecule has 38 heavy (non-hydrogen) atoms. The Hall–Kier alpha value is -3.83. The van der Waals surface area contributed by atoms with Crippen LogP contribution >= 0.6 is 0 Å². The van der Waals surface area contributed by atoms with Gasteiger partial charge >= 0.3 is 5.97 Å². The van der Waals surface area contributed by atoms with Gasteiger partial charge in [-0.25, -0.2) is 14.1 Å². The normalized spacial score (nSPS) is 21.2. The van der Waals surface area contributed by atoms with E-state index < -0.39 is 11.4 Å². The number of amides is 2. The number of nitrogens with one attached hydrogen (secondary N) is 2. The van der Waals surface area contributed by atoms with Gasteiger partial charge in [0.25, 0.3) is 5.91 Å². The second kappa shape index (κ2) is 10.9. The summed E-state index contributed by atoms with van der Waals surface area (Å²) in [6.45, 7) is 4.01. The van der Waals surface area contributed by atoms with Crippen LogP contribution < -0.4 is 10.6 Å². The van der Waals surface area contributed by atoms with Crippen LogP contribution in [0.4, 0.5) is 0 Å². The van der Waals surface area contributed by atoms with E-state index in [1.165, 1.54) is 12.8 Å². The highest BCUT2D eigenvalue weighted by molar-refractivity contribution is 6.04. The minimum Gasteiger partial charge on any atom is -0.465 e. The van der Waals surface area contributed by atoms with Gasteiger partial charge in [0, 0.05) is 13.0 Å². The fourth-order valence-electron chi connectivity index (χ4n) is 5.59. The Balaban J connectivity index is 1.45. The third kappa shape index (κ3) is 4.99. The number of nitrogens with zero attached hydrogens (tertiary/aromatic N) is 5. The quantitative estimate of drug-likeness (QED) is 0.257. The molecule has 2 fully saturated rings. The molecule has 1 aliphatic heterocycles. The highest BCUT2D eigenvalue weighted by Crippen LogP contribution is 2.35. The number of ether oxygens (including phenoxy) is 1. The molecule has 202 valence electrons. The van der Waals surface area contributed by atoms with Crippen molar-refractivity contribution in [2.75, 3.05) is 13.2 Å². The maximum atomic E-state index is 13.1. The topological polar surface area (TPSA) is 154 Å². The summed E-state index contributed by atoms with van der Waals surface area (Å²) in [5.74, 6) is -1.01. The number of hydrogen-bond donors (Lipinski definition) is 2. The van der Waals surface area contributed by atoms with Crippen LogP contribution in [0.5, 0.6) is 0 Å². The molecule has 12 nitrogen and oxygen atoms in total. The standard InChI is InChI=1S/C26H33N7O5/c1-3-37-25(36)26(12-13-27-24(26)35)14-18-10-11-20-28-19(15-33(20)30-18)22(17-8-6-4-5-7-9-17)29-23(34)21-16(2)31-38-32-21/h10-11,15,17,22H,3-9,12-14H2,1-2H3,(H,27,35)(H,29,34)/t22-,26-/m0/s1. The number of rotatable bonds is 8. The molecule has 0 unspecified atom stereocenters. The molecule has 3 aromatic rings. The zero-order chi connectivity index (χ0) is 26.7. The zero-order valence-electron chi connectivity index (χ0n) is 21.7. The van der Waals surface area contributed by atoms with Gasteiger partial charge in [-0.2, -0.15) is 5.10 Å². The summed E-state index contributed by atoms with van der Waals surface area (Å²) in [5, 5.41) is 18.1. The van der Waals surface area contributed by atoms with Crippen molar-refractivity contribution in [1.82, 2.24) is 35.5 Å². The number of aryl methyl sites for hydroxylation is 1. The fourth-order valence-corrected chi connectivity index (χ4v) is 5.59. The Kier molecular flexibility index (Phi) is 7.39. The van der Waals surface area contributed by atoms with E-state index in [1.54, 1.807) is 24.4 Å². The van der Waals surface area contributed by atoms with Gasteiger partial charge in [0.1, 0.15) is 5.69 Å². The maximum Gasteiger partial charge on any atom is 0.322 e. The lowest BCUT2D eigenvalue weighted by Crippen LogP contribution is -2.42. The van der Waals surface area contributed by atoms with Gasteiger partial charge < -0.3 is 15.4 Å². The molecule has 0 bridgehead atoms. The molecule has 1 saturated carbocycles. The average Bonchev–Trinajstić information content (AvgIpc) is 3.56. The Morgan fingerprint density at radius 1 is 1.24 bits per heavy atom. The van der Waals surface area contributed by atoms with E-state index in [4.69, 9.17) is 14.3 Å². The SMILES string of the molecule is CCOC(=O)[C@]1(Cc2ccc3nc([C@@H](NC(=O)c4nonc4C)C4CCCCCC4)cn3n2)CCNC1=O. The molecule has 1 saturated heterocycles. The molecule has 0 radical (unpaired) electrons. The minimum atomic E-state index is -1.29. The van der Waals surface area contributed by atoms with E-state index in [0.717, 1.165) is 25.7 Å². The van der Waals surface area contributed by atoms with Crippen molar-refractivity contribution in [3.05, 3.63) is 41.1 Å². The number of carbonyl (C=O) groups excluding carboxylic acids is 3. The predicted molar refractivity (Wildman–Crippen MR) is 134 cm³/mol. The lowest BCUT2D eigenvalue weighted by Gasteiger charge is -2.25. The number of carbonyl (C=O) groups is 3. The molecule has 1 aliphatic carbocycles. The van der Waals surface area contributed by atoms with Crippen molar-refractivity contribution in [3.63, 3.8) is 0 Å². The molecule has 5 rings (SSSR count). The zero-order valence-corrected chi connectivity index (χ0v) is 21.7. The third-order valence-corrected chi connectivity index (χ3v) is 7.66. The van der Waals surface area contributed by atoms with Crippen molar-refractivity contribution in [2.24, 2.45) is 11.3 Å². The highest BCUT2D eigenvalue weighted by Gasteiger charge is 2.50. The lowest BCUT2D eigenvalue weighted by atomic mass is 9.81. The molecule has 0 aromatic carbocycles. The molecule has 2 N–H and O–H groups in total. The molecule has 2 atom stereocenters. The molecule has 2 aliphatic rings. The Morgan fingerprint density at radius 3 is 2.68 bits per heavy atom.